The quantitative estimate of drug-likeness (QED) is 0.803. The van der Waals surface area contributed by atoms with E-state index in [4.69, 9.17) is 5.73 Å². The van der Waals surface area contributed by atoms with Gasteiger partial charge in [0.15, 0.2) is 0 Å². The van der Waals surface area contributed by atoms with Crippen LogP contribution in [0.4, 0.5) is 0 Å². The molecule has 0 aliphatic rings. The molecule has 5 heteroatoms. The normalized spacial score (nSPS) is 12.7. The second kappa shape index (κ2) is 5.87. The molecule has 1 aromatic carbocycles. The Morgan fingerprint density at radius 3 is 2.81 bits per heavy atom. The smallest absolute Gasteiger partial charge is 0.0957 e. The molecular formula is C16H18N4S. The zero-order chi connectivity index (χ0) is 14.8. The third-order valence-corrected chi connectivity index (χ3v) is 4.55. The van der Waals surface area contributed by atoms with E-state index in [0.717, 1.165) is 40.3 Å². The van der Waals surface area contributed by atoms with Crippen molar-refractivity contribution in [3.05, 3.63) is 52.3 Å². The van der Waals surface area contributed by atoms with Gasteiger partial charge in [0, 0.05) is 12.5 Å². The lowest BCUT2D eigenvalue weighted by Crippen LogP contribution is -2.17. The van der Waals surface area contributed by atoms with Gasteiger partial charge in [-0.3, -0.25) is 0 Å². The van der Waals surface area contributed by atoms with Gasteiger partial charge in [-0.1, -0.05) is 19.1 Å². The van der Waals surface area contributed by atoms with Crippen LogP contribution in [0.15, 0.2) is 30.3 Å². The Hall–Kier alpha value is -1.85. The highest BCUT2D eigenvalue weighted by molar-refractivity contribution is 7.18. The second-order valence-corrected chi connectivity index (χ2v) is 6.24. The number of aryl methyl sites for hydroxylation is 2. The molecule has 0 aliphatic heterocycles. The van der Waals surface area contributed by atoms with Crippen LogP contribution in [-0.4, -0.2) is 15.2 Å². The average Bonchev–Trinajstić information content (AvgIpc) is 2.89. The Morgan fingerprint density at radius 2 is 2.05 bits per heavy atom. The fraction of sp³-hybridized carbons (Fsp3) is 0.312. The van der Waals surface area contributed by atoms with Crippen LogP contribution in [0.5, 0.6) is 0 Å². The monoisotopic (exact) mass is 298 g/mol. The van der Waals surface area contributed by atoms with Gasteiger partial charge in [-0.15, -0.1) is 11.3 Å². The Morgan fingerprint density at radius 1 is 1.24 bits per heavy atom. The number of hydrogen-bond donors (Lipinski definition) is 1. The molecule has 2 N–H and O–H groups in total. The SMILES string of the molecule is CCc1nnc(C)cc1C(N)Cc1nc2ccccc2s1. The van der Waals surface area contributed by atoms with Crippen molar-refractivity contribution in [3.63, 3.8) is 0 Å². The number of aromatic nitrogens is 3. The first-order valence-corrected chi connectivity index (χ1v) is 7.92. The summed E-state index contributed by atoms with van der Waals surface area (Å²) in [6, 6.07) is 10.1. The molecule has 108 valence electrons. The summed E-state index contributed by atoms with van der Waals surface area (Å²) in [5, 5.41) is 9.44. The molecule has 2 aromatic heterocycles. The van der Waals surface area contributed by atoms with Crippen LogP contribution in [0.1, 0.15) is 34.9 Å². The molecule has 0 saturated carbocycles. The predicted molar refractivity (Wildman–Crippen MR) is 86.4 cm³/mol. The van der Waals surface area contributed by atoms with E-state index in [1.165, 1.54) is 4.70 Å². The van der Waals surface area contributed by atoms with Gasteiger partial charge in [0.05, 0.1) is 26.6 Å². The first-order chi connectivity index (χ1) is 10.2. The first-order valence-electron chi connectivity index (χ1n) is 7.10. The van der Waals surface area contributed by atoms with Gasteiger partial charge in [-0.2, -0.15) is 10.2 Å². The maximum Gasteiger partial charge on any atom is 0.0957 e. The van der Waals surface area contributed by atoms with Gasteiger partial charge in [0.2, 0.25) is 0 Å². The molecule has 0 bridgehead atoms. The van der Waals surface area contributed by atoms with Crippen LogP contribution >= 0.6 is 11.3 Å². The zero-order valence-electron chi connectivity index (χ0n) is 12.2. The molecule has 3 rings (SSSR count). The molecule has 1 unspecified atom stereocenters. The number of benzene rings is 1. The summed E-state index contributed by atoms with van der Waals surface area (Å²) in [4.78, 5) is 4.66. The highest BCUT2D eigenvalue weighted by Gasteiger charge is 2.15. The van der Waals surface area contributed by atoms with Crippen molar-refractivity contribution >= 4 is 21.6 Å². The fourth-order valence-corrected chi connectivity index (χ4v) is 3.46. The maximum atomic E-state index is 6.39. The molecule has 0 spiro atoms. The number of thiazole rings is 1. The van der Waals surface area contributed by atoms with Crippen molar-refractivity contribution < 1.29 is 0 Å². The lowest BCUT2D eigenvalue weighted by Gasteiger charge is -2.14. The summed E-state index contributed by atoms with van der Waals surface area (Å²) in [6.07, 6.45) is 1.58. The minimum atomic E-state index is -0.0882. The number of hydrogen-bond acceptors (Lipinski definition) is 5. The van der Waals surface area contributed by atoms with Gasteiger partial charge in [-0.05, 0) is 37.1 Å². The van der Waals surface area contributed by atoms with Gasteiger partial charge < -0.3 is 5.73 Å². The second-order valence-electron chi connectivity index (χ2n) is 5.13. The zero-order valence-corrected chi connectivity index (χ0v) is 13.0. The summed E-state index contributed by atoms with van der Waals surface area (Å²) in [5.41, 5.74) is 10.4. The minimum Gasteiger partial charge on any atom is -0.324 e. The summed E-state index contributed by atoms with van der Waals surface area (Å²) >= 11 is 1.71. The fourth-order valence-electron chi connectivity index (χ4n) is 2.44. The molecule has 4 nitrogen and oxygen atoms in total. The molecular weight excluding hydrogens is 280 g/mol. The minimum absolute atomic E-state index is 0.0882. The number of rotatable bonds is 4. The van der Waals surface area contributed by atoms with Crippen molar-refractivity contribution in [2.45, 2.75) is 32.7 Å². The Kier molecular flexibility index (Phi) is 3.94. The first kappa shape index (κ1) is 14.1. The predicted octanol–water partition coefficient (Wildman–Crippen LogP) is 3.20. The van der Waals surface area contributed by atoms with Crippen LogP contribution in [-0.2, 0) is 12.8 Å². The lowest BCUT2D eigenvalue weighted by atomic mass is 10.0. The van der Waals surface area contributed by atoms with E-state index < -0.39 is 0 Å². The Labute approximate surface area is 128 Å². The van der Waals surface area contributed by atoms with Crippen molar-refractivity contribution in [2.24, 2.45) is 5.73 Å². The van der Waals surface area contributed by atoms with E-state index in [0.29, 0.717) is 0 Å². The maximum absolute atomic E-state index is 6.39. The van der Waals surface area contributed by atoms with E-state index in [1.54, 1.807) is 11.3 Å². The van der Waals surface area contributed by atoms with Gasteiger partial charge in [0.1, 0.15) is 0 Å². The molecule has 1 atom stereocenters. The summed E-state index contributed by atoms with van der Waals surface area (Å²) < 4.78 is 1.21. The largest absolute Gasteiger partial charge is 0.324 e. The molecule has 21 heavy (non-hydrogen) atoms. The third-order valence-electron chi connectivity index (χ3n) is 3.49. The average molecular weight is 298 g/mol. The van der Waals surface area contributed by atoms with Gasteiger partial charge >= 0.3 is 0 Å². The molecule has 3 aromatic rings. The third kappa shape index (κ3) is 2.94. The van der Waals surface area contributed by atoms with Crippen molar-refractivity contribution in [2.75, 3.05) is 0 Å². The number of nitrogens with two attached hydrogens (primary N) is 1. The van der Waals surface area contributed by atoms with Crippen molar-refractivity contribution in [1.82, 2.24) is 15.2 Å². The molecule has 0 amide bonds. The molecule has 0 saturated heterocycles. The van der Waals surface area contributed by atoms with E-state index in [9.17, 15) is 0 Å². The van der Waals surface area contributed by atoms with Gasteiger partial charge in [0.25, 0.3) is 0 Å². The molecule has 0 aliphatic carbocycles. The van der Waals surface area contributed by atoms with Crippen molar-refractivity contribution in [1.29, 1.82) is 0 Å². The topological polar surface area (TPSA) is 64.7 Å². The van der Waals surface area contributed by atoms with Crippen LogP contribution < -0.4 is 5.73 Å². The van der Waals surface area contributed by atoms with Crippen LogP contribution in [0.2, 0.25) is 0 Å². The Bertz CT molecular complexity index is 733. The highest BCUT2D eigenvalue weighted by Crippen LogP contribution is 2.26. The molecule has 2 heterocycles. The van der Waals surface area contributed by atoms with Crippen LogP contribution in [0, 0.1) is 6.92 Å². The summed E-state index contributed by atoms with van der Waals surface area (Å²) in [5.74, 6) is 0. The van der Waals surface area contributed by atoms with E-state index in [-0.39, 0.29) is 6.04 Å². The highest BCUT2D eigenvalue weighted by atomic mass is 32.1. The standard InChI is InChI=1S/C16H18N4S/c1-3-13-11(8-10(2)19-20-13)12(17)9-16-18-14-6-4-5-7-15(14)21-16/h4-8,12H,3,9,17H2,1-2H3. The van der Waals surface area contributed by atoms with Crippen LogP contribution in [0.25, 0.3) is 10.2 Å². The molecule has 0 radical (unpaired) electrons. The molecule has 0 fully saturated rings. The van der Waals surface area contributed by atoms with Gasteiger partial charge in [-0.25, -0.2) is 4.98 Å². The van der Waals surface area contributed by atoms with Crippen molar-refractivity contribution in [3.8, 4) is 0 Å². The van der Waals surface area contributed by atoms with E-state index in [1.807, 2.05) is 31.2 Å². The summed E-state index contributed by atoms with van der Waals surface area (Å²) in [7, 11) is 0. The summed E-state index contributed by atoms with van der Waals surface area (Å²) in [6.45, 7) is 4.02. The number of para-hydroxylation sites is 1. The van der Waals surface area contributed by atoms with E-state index >= 15 is 0 Å². The Balaban J connectivity index is 1.88. The van der Waals surface area contributed by atoms with E-state index in [2.05, 4.69) is 28.2 Å². The lowest BCUT2D eigenvalue weighted by molar-refractivity contribution is 0.689. The number of fused-ring (bicyclic) bond motifs is 1. The van der Waals surface area contributed by atoms with Crippen LogP contribution in [0.3, 0.4) is 0 Å². The number of nitrogens with zero attached hydrogens (tertiary/aromatic N) is 3.